The number of amides is 4. The summed E-state index contributed by atoms with van der Waals surface area (Å²) < 4.78 is 0. The second-order valence-corrected chi connectivity index (χ2v) is 15.8. The van der Waals surface area contributed by atoms with Gasteiger partial charge < -0.3 is 35.2 Å². The highest BCUT2D eigenvalue weighted by atomic mass is 35.5. The van der Waals surface area contributed by atoms with Gasteiger partial charge in [0.1, 0.15) is 6.04 Å². The minimum Gasteiger partial charge on any atom is -0.361 e. The van der Waals surface area contributed by atoms with Gasteiger partial charge in [-0.2, -0.15) is 0 Å². The molecule has 0 spiro atoms. The molecule has 12 heteroatoms. The summed E-state index contributed by atoms with van der Waals surface area (Å²) in [7, 11) is 3.61. The number of carbonyl (C=O) groups is 4. The molecule has 4 amide bonds. The number of halogens is 1. The Bertz CT molecular complexity index is 2030. The van der Waals surface area contributed by atoms with Crippen LogP contribution in [0.4, 0.5) is 11.4 Å². The minimum atomic E-state index is -0.721. The van der Waals surface area contributed by atoms with E-state index in [1.807, 2.05) is 72.7 Å². The predicted molar refractivity (Wildman–Crippen MR) is 213 cm³/mol. The molecule has 1 aromatic heterocycles. The lowest BCUT2D eigenvalue weighted by atomic mass is 9.79. The number of carbonyl (C=O) groups excluding carboxylic acids is 4. The molecule has 3 aliphatic rings. The lowest BCUT2D eigenvalue weighted by Gasteiger charge is -2.40. The molecule has 7 rings (SSSR count). The summed E-state index contributed by atoms with van der Waals surface area (Å²) in [6.07, 6.45) is 3.97. The topological polar surface area (TPSA) is 121 Å². The maximum Gasteiger partial charge on any atom is 0.253 e. The molecule has 2 fully saturated rings. The second-order valence-electron chi connectivity index (χ2n) is 15.4. The summed E-state index contributed by atoms with van der Waals surface area (Å²) >= 11 is 6.20. The standard InChI is InChI=1S/C42H50ClN7O4/c1-26(2)50-25-47(4)38-17-28(13-16-37(38)50)42(54)49-22-30-21-48(39(51)18-29-20-45-36-19-31(43)14-15-32(29)36)24-34(33(30)23-49)40(52)46-35(41(53)44-3)12-8-11-27-9-6-5-7-10-27/h5-7,9-10,13-17,19-20,26,30,33-35,45H,8,11-12,18,21-25H2,1-4H3,(H,44,53)(H,46,52)/t30?,33?,34?,35-/m0/s1. The maximum atomic E-state index is 14.3. The third-order valence-corrected chi connectivity index (χ3v) is 11.8. The molecule has 3 aliphatic heterocycles. The van der Waals surface area contributed by atoms with Crippen LogP contribution in [-0.2, 0) is 27.2 Å². The van der Waals surface area contributed by atoms with Crippen LogP contribution in [0.3, 0.4) is 0 Å². The molecule has 0 bridgehead atoms. The van der Waals surface area contributed by atoms with Gasteiger partial charge in [-0.25, -0.2) is 0 Å². The summed E-state index contributed by atoms with van der Waals surface area (Å²) in [4.78, 5) is 66.9. The Hall–Kier alpha value is -5.03. The number of aromatic nitrogens is 1. The Morgan fingerprint density at radius 3 is 2.46 bits per heavy atom. The normalized spacial score (nSPS) is 19.9. The summed E-state index contributed by atoms with van der Waals surface area (Å²) in [5, 5.41) is 7.33. The molecular formula is C42H50ClN7O4. The van der Waals surface area contributed by atoms with Crippen molar-refractivity contribution in [3.8, 4) is 0 Å². The number of nitrogens with one attached hydrogen (secondary N) is 3. The predicted octanol–water partition coefficient (Wildman–Crippen LogP) is 5.09. The van der Waals surface area contributed by atoms with Crippen molar-refractivity contribution in [3.63, 3.8) is 0 Å². The number of likely N-dealkylation sites (tertiary alicyclic amines) is 2. The van der Waals surface area contributed by atoms with Crippen molar-refractivity contribution in [2.45, 2.75) is 51.6 Å². The van der Waals surface area contributed by atoms with Crippen molar-refractivity contribution in [1.29, 1.82) is 0 Å². The molecule has 0 radical (unpaired) electrons. The van der Waals surface area contributed by atoms with Gasteiger partial charge in [0.15, 0.2) is 0 Å². The van der Waals surface area contributed by atoms with Crippen LogP contribution in [0.25, 0.3) is 10.9 Å². The molecule has 11 nitrogen and oxygen atoms in total. The number of aryl methyl sites for hydroxylation is 1. The fraction of sp³-hybridized carbons (Fsp3) is 0.429. The van der Waals surface area contributed by atoms with Gasteiger partial charge in [0.25, 0.3) is 5.91 Å². The van der Waals surface area contributed by atoms with Gasteiger partial charge in [-0.1, -0.05) is 48.0 Å². The number of aromatic amines is 1. The molecule has 0 aliphatic carbocycles. The Labute approximate surface area is 322 Å². The monoisotopic (exact) mass is 751 g/mol. The molecule has 3 aromatic carbocycles. The number of rotatable bonds is 11. The van der Waals surface area contributed by atoms with E-state index in [0.29, 0.717) is 49.1 Å². The lowest BCUT2D eigenvalue weighted by molar-refractivity contribution is -0.140. The highest BCUT2D eigenvalue weighted by Crippen LogP contribution is 2.40. The quantitative estimate of drug-likeness (QED) is 0.197. The highest BCUT2D eigenvalue weighted by Gasteiger charge is 2.48. The van der Waals surface area contributed by atoms with E-state index in [4.69, 9.17) is 11.6 Å². The fourth-order valence-electron chi connectivity index (χ4n) is 8.59. The number of piperidine rings is 1. The van der Waals surface area contributed by atoms with Gasteiger partial charge in [-0.3, -0.25) is 19.2 Å². The smallest absolute Gasteiger partial charge is 0.253 e. The van der Waals surface area contributed by atoms with Crippen LogP contribution in [0.15, 0.2) is 72.9 Å². The van der Waals surface area contributed by atoms with Gasteiger partial charge in [0.05, 0.1) is 30.4 Å². The lowest BCUT2D eigenvalue weighted by Crippen LogP contribution is -2.56. The van der Waals surface area contributed by atoms with E-state index in [0.717, 1.165) is 40.9 Å². The first-order valence-corrected chi connectivity index (χ1v) is 19.4. The summed E-state index contributed by atoms with van der Waals surface area (Å²) in [5.74, 6) is -1.56. The molecule has 54 heavy (non-hydrogen) atoms. The summed E-state index contributed by atoms with van der Waals surface area (Å²) in [6, 6.07) is 21.1. The van der Waals surface area contributed by atoms with Crippen LogP contribution in [-0.4, -0.2) is 97.4 Å². The molecule has 2 saturated heterocycles. The molecule has 284 valence electrons. The van der Waals surface area contributed by atoms with Crippen LogP contribution >= 0.6 is 11.6 Å². The average Bonchev–Trinajstić information content (AvgIpc) is 3.88. The van der Waals surface area contributed by atoms with E-state index in [2.05, 4.69) is 51.4 Å². The molecule has 4 heterocycles. The number of fused-ring (bicyclic) bond motifs is 3. The zero-order chi connectivity index (χ0) is 38.1. The van der Waals surface area contributed by atoms with Gasteiger partial charge in [-0.05, 0) is 86.4 Å². The largest absolute Gasteiger partial charge is 0.361 e. The van der Waals surface area contributed by atoms with Crippen LogP contribution in [0.2, 0.25) is 5.02 Å². The van der Waals surface area contributed by atoms with Gasteiger partial charge in [-0.15, -0.1) is 0 Å². The Balaban J connectivity index is 1.11. The number of hydrogen-bond acceptors (Lipinski definition) is 6. The van der Waals surface area contributed by atoms with Crippen molar-refractivity contribution >= 4 is 57.5 Å². The van der Waals surface area contributed by atoms with E-state index in [9.17, 15) is 19.2 Å². The van der Waals surface area contributed by atoms with E-state index >= 15 is 0 Å². The number of anilines is 2. The second kappa shape index (κ2) is 15.8. The molecule has 3 N–H and O–H groups in total. The van der Waals surface area contributed by atoms with Crippen LogP contribution in [0.1, 0.15) is 48.2 Å². The Morgan fingerprint density at radius 1 is 0.926 bits per heavy atom. The van der Waals surface area contributed by atoms with Gasteiger partial charge in [0.2, 0.25) is 17.7 Å². The zero-order valence-corrected chi connectivity index (χ0v) is 32.2. The van der Waals surface area contributed by atoms with Crippen molar-refractivity contribution in [1.82, 2.24) is 25.4 Å². The maximum absolute atomic E-state index is 14.3. The number of likely N-dealkylation sites (N-methyl/N-ethyl adjacent to an activating group) is 1. The van der Waals surface area contributed by atoms with Crippen molar-refractivity contribution in [3.05, 3.63) is 94.6 Å². The minimum absolute atomic E-state index is 0.0813. The van der Waals surface area contributed by atoms with E-state index in [1.165, 1.54) is 5.56 Å². The molecule has 0 saturated carbocycles. The van der Waals surface area contributed by atoms with E-state index in [1.54, 1.807) is 11.9 Å². The van der Waals surface area contributed by atoms with Crippen molar-refractivity contribution < 1.29 is 19.2 Å². The van der Waals surface area contributed by atoms with Crippen LogP contribution < -0.4 is 20.4 Å². The number of benzene rings is 3. The molecule has 3 unspecified atom stereocenters. The Morgan fingerprint density at radius 2 is 1.70 bits per heavy atom. The van der Waals surface area contributed by atoms with Gasteiger partial charge >= 0.3 is 0 Å². The third kappa shape index (κ3) is 7.64. The first-order valence-electron chi connectivity index (χ1n) is 19.0. The van der Waals surface area contributed by atoms with E-state index < -0.39 is 12.0 Å². The van der Waals surface area contributed by atoms with Crippen molar-refractivity contribution in [2.75, 3.05) is 56.7 Å². The highest BCUT2D eigenvalue weighted by molar-refractivity contribution is 6.31. The molecular weight excluding hydrogens is 702 g/mol. The average molecular weight is 752 g/mol. The first kappa shape index (κ1) is 37.3. The SMILES string of the molecule is CNC(=O)[C@H](CCCc1ccccc1)NC(=O)C1CN(C(=O)Cc2c[nH]c3cc(Cl)ccc23)CC2CN(C(=O)c3ccc4c(c3)N(C)CN4C(C)C)CC21. The zero-order valence-electron chi connectivity index (χ0n) is 31.5. The van der Waals surface area contributed by atoms with Gasteiger partial charge in [0, 0.05) is 74.0 Å². The summed E-state index contributed by atoms with van der Waals surface area (Å²) in [5.41, 5.74) is 5.62. The fourth-order valence-corrected chi connectivity index (χ4v) is 8.76. The van der Waals surface area contributed by atoms with E-state index in [-0.39, 0.29) is 48.4 Å². The first-order chi connectivity index (χ1) is 26.0. The van der Waals surface area contributed by atoms with Crippen LogP contribution in [0, 0.1) is 17.8 Å². The van der Waals surface area contributed by atoms with Crippen LogP contribution in [0.5, 0.6) is 0 Å². The number of nitrogens with zero attached hydrogens (tertiary/aromatic N) is 4. The molecule has 4 aromatic rings. The number of hydrogen-bond donors (Lipinski definition) is 3. The third-order valence-electron chi connectivity index (χ3n) is 11.5. The Kier molecular flexibility index (Phi) is 10.9. The molecule has 4 atom stereocenters. The number of H-pyrrole nitrogens is 1. The van der Waals surface area contributed by atoms with Crippen molar-refractivity contribution in [2.24, 2.45) is 17.8 Å². The summed E-state index contributed by atoms with van der Waals surface area (Å²) in [6.45, 7) is 6.56.